The first-order valence-electron chi connectivity index (χ1n) is 3.93. The minimum absolute atomic E-state index is 0.00735. The number of phenolic OH excluding ortho intramolecular Hbond substituents is 1. The van der Waals surface area contributed by atoms with Gasteiger partial charge in [-0.25, -0.2) is 0 Å². The fraction of sp³-hybridized carbons (Fsp3) is 0.200. The van der Waals surface area contributed by atoms with Crippen molar-refractivity contribution >= 4 is 5.69 Å². The number of nitrogen functional groups attached to an aromatic ring is 1. The van der Waals surface area contributed by atoms with E-state index in [9.17, 15) is 5.11 Å². The van der Waals surface area contributed by atoms with Crippen molar-refractivity contribution in [2.24, 2.45) is 0 Å². The average molecular weight is 177 g/mol. The summed E-state index contributed by atoms with van der Waals surface area (Å²) >= 11 is 0. The Bertz CT molecular complexity index is 350. The molecule has 1 aromatic carbocycles. The Morgan fingerprint density at radius 2 is 2.15 bits per heavy atom. The van der Waals surface area contributed by atoms with E-state index in [1.165, 1.54) is 0 Å². The van der Waals surface area contributed by atoms with Gasteiger partial charge in [-0.15, -0.1) is 0 Å². The van der Waals surface area contributed by atoms with Crippen LogP contribution in [0.4, 0.5) is 5.69 Å². The summed E-state index contributed by atoms with van der Waals surface area (Å²) in [6, 6.07) is 5.00. The highest BCUT2D eigenvalue weighted by atomic mass is 16.3. The molecule has 1 rings (SSSR count). The van der Waals surface area contributed by atoms with Crippen LogP contribution in [0.2, 0.25) is 0 Å². The zero-order valence-electron chi connectivity index (χ0n) is 7.12. The van der Waals surface area contributed by atoms with Crippen molar-refractivity contribution in [3.8, 4) is 17.6 Å². The number of aromatic hydroxyl groups is 1. The standard InChI is InChI=1S/C10H11NO2/c11-9-6-3-5-8(10(9)13)4-1-2-7-12/h3,5-6,12-13H,2,7,11H2. The van der Waals surface area contributed by atoms with Gasteiger partial charge in [-0.2, -0.15) is 0 Å². The number of para-hydroxylation sites is 1. The zero-order chi connectivity index (χ0) is 9.68. The van der Waals surface area contributed by atoms with Gasteiger partial charge in [-0.3, -0.25) is 0 Å². The molecule has 0 aliphatic rings. The van der Waals surface area contributed by atoms with Gasteiger partial charge in [0.05, 0.1) is 17.9 Å². The molecule has 0 saturated carbocycles. The number of rotatable bonds is 1. The molecule has 1 aromatic rings. The Labute approximate surface area is 76.8 Å². The van der Waals surface area contributed by atoms with Crippen LogP contribution in [0.5, 0.6) is 5.75 Å². The fourth-order valence-electron chi connectivity index (χ4n) is 0.876. The van der Waals surface area contributed by atoms with E-state index in [0.29, 0.717) is 17.7 Å². The number of benzene rings is 1. The first-order chi connectivity index (χ1) is 6.25. The van der Waals surface area contributed by atoms with Crippen molar-refractivity contribution in [2.75, 3.05) is 12.3 Å². The second kappa shape index (κ2) is 4.39. The Hall–Kier alpha value is -1.66. The first-order valence-corrected chi connectivity index (χ1v) is 3.93. The molecule has 0 atom stereocenters. The summed E-state index contributed by atoms with van der Waals surface area (Å²) in [5.41, 5.74) is 6.27. The van der Waals surface area contributed by atoms with Gasteiger partial charge in [-0.1, -0.05) is 17.9 Å². The topological polar surface area (TPSA) is 66.5 Å². The Morgan fingerprint density at radius 3 is 2.85 bits per heavy atom. The summed E-state index contributed by atoms with van der Waals surface area (Å²) in [7, 11) is 0. The Morgan fingerprint density at radius 1 is 1.38 bits per heavy atom. The minimum atomic E-state index is 0.00735. The second-order valence-corrected chi connectivity index (χ2v) is 2.52. The lowest BCUT2D eigenvalue weighted by Crippen LogP contribution is -1.87. The molecule has 13 heavy (non-hydrogen) atoms. The van der Waals surface area contributed by atoms with Gasteiger partial charge < -0.3 is 15.9 Å². The number of nitrogens with two attached hydrogens (primary N) is 1. The van der Waals surface area contributed by atoms with Crippen molar-refractivity contribution < 1.29 is 10.2 Å². The normalized spacial score (nSPS) is 9.00. The summed E-state index contributed by atoms with van der Waals surface area (Å²) in [6.45, 7) is 0.0239. The van der Waals surface area contributed by atoms with E-state index in [-0.39, 0.29) is 12.4 Å². The predicted molar refractivity (Wildman–Crippen MR) is 51.1 cm³/mol. The number of hydrogen-bond acceptors (Lipinski definition) is 3. The minimum Gasteiger partial charge on any atom is -0.505 e. The molecule has 0 heterocycles. The van der Waals surface area contributed by atoms with Gasteiger partial charge in [0.1, 0.15) is 0 Å². The molecule has 68 valence electrons. The summed E-state index contributed by atoms with van der Waals surface area (Å²) in [5, 5.41) is 17.9. The number of anilines is 1. The zero-order valence-corrected chi connectivity index (χ0v) is 7.12. The largest absolute Gasteiger partial charge is 0.505 e. The molecule has 0 amide bonds. The van der Waals surface area contributed by atoms with Gasteiger partial charge in [0.15, 0.2) is 5.75 Å². The maximum atomic E-state index is 9.41. The van der Waals surface area contributed by atoms with Crippen LogP contribution in [0.3, 0.4) is 0 Å². The smallest absolute Gasteiger partial charge is 0.154 e. The lowest BCUT2D eigenvalue weighted by atomic mass is 10.2. The van der Waals surface area contributed by atoms with Crippen LogP contribution in [0.15, 0.2) is 18.2 Å². The van der Waals surface area contributed by atoms with Gasteiger partial charge in [0.25, 0.3) is 0 Å². The van der Waals surface area contributed by atoms with Crippen LogP contribution in [0.25, 0.3) is 0 Å². The number of hydrogen-bond donors (Lipinski definition) is 3. The third-order valence-electron chi connectivity index (χ3n) is 1.53. The molecular formula is C10H11NO2. The van der Waals surface area contributed by atoms with Crippen LogP contribution < -0.4 is 5.73 Å². The summed E-state index contributed by atoms with van der Waals surface area (Å²) in [4.78, 5) is 0. The van der Waals surface area contributed by atoms with E-state index in [4.69, 9.17) is 10.8 Å². The molecule has 0 saturated heterocycles. The third-order valence-corrected chi connectivity index (χ3v) is 1.53. The van der Waals surface area contributed by atoms with Crippen LogP contribution in [0, 0.1) is 11.8 Å². The van der Waals surface area contributed by atoms with Crippen molar-refractivity contribution in [1.82, 2.24) is 0 Å². The second-order valence-electron chi connectivity index (χ2n) is 2.52. The monoisotopic (exact) mass is 177 g/mol. The maximum Gasteiger partial charge on any atom is 0.154 e. The van der Waals surface area contributed by atoms with Crippen molar-refractivity contribution in [2.45, 2.75) is 6.42 Å². The lowest BCUT2D eigenvalue weighted by Gasteiger charge is -1.99. The van der Waals surface area contributed by atoms with E-state index in [1.54, 1.807) is 18.2 Å². The van der Waals surface area contributed by atoms with Crippen LogP contribution in [-0.2, 0) is 0 Å². The molecule has 3 nitrogen and oxygen atoms in total. The highest BCUT2D eigenvalue weighted by Gasteiger charge is 1.99. The molecule has 0 radical (unpaired) electrons. The fourth-order valence-corrected chi connectivity index (χ4v) is 0.876. The van der Waals surface area contributed by atoms with Crippen LogP contribution in [0.1, 0.15) is 12.0 Å². The average Bonchev–Trinajstić information content (AvgIpc) is 2.13. The predicted octanol–water partition coefficient (Wildman–Crippen LogP) is 0.708. The van der Waals surface area contributed by atoms with Crippen molar-refractivity contribution in [3.05, 3.63) is 23.8 Å². The van der Waals surface area contributed by atoms with E-state index in [2.05, 4.69) is 11.8 Å². The van der Waals surface area contributed by atoms with E-state index in [0.717, 1.165) is 0 Å². The molecular weight excluding hydrogens is 166 g/mol. The lowest BCUT2D eigenvalue weighted by molar-refractivity contribution is 0.305. The number of aliphatic hydroxyl groups excluding tert-OH is 1. The summed E-state index contributed by atoms with van der Waals surface area (Å²) in [5.74, 6) is 5.43. The van der Waals surface area contributed by atoms with E-state index < -0.39 is 0 Å². The Balaban J connectivity index is 2.91. The van der Waals surface area contributed by atoms with Gasteiger partial charge in [0.2, 0.25) is 0 Å². The molecule has 0 bridgehead atoms. The Kier molecular flexibility index (Phi) is 3.18. The van der Waals surface area contributed by atoms with Gasteiger partial charge >= 0.3 is 0 Å². The molecule has 0 aliphatic heterocycles. The molecule has 3 heteroatoms. The van der Waals surface area contributed by atoms with E-state index in [1.807, 2.05) is 0 Å². The first kappa shape index (κ1) is 9.43. The number of aliphatic hydroxyl groups is 1. The van der Waals surface area contributed by atoms with Crippen LogP contribution in [-0.4, -0.2) is 16.8 Å². The molecule has 0 aliphatic carbocycles. The quantitative estimate of drug-likeness (QED) is 0.336. The van der Waals surface area contributed by atoms with E-state index >= 15 is 0 Å². The summed E-state index contributed by atoms with van der Waals surface area (Å²) < 4.78 is 0. The van der Waals surface area contributed by atoms with Gasteiger partial charge in [-0.05, 0) is 12.1 Å². The molecule has 0 fully saturated rings. The maximum absolute atomic E-state index is 9.41. The van der Waals surface area contributed by atoms with Gasteiger partial charge in [0, 0.05) is 6.42 Å². The van der Waals surface area contributed by atoms with Crippen LogP contribution >= 0.6 is 0 Å². The van der Waals surface area contributed by atoms with Crippen molar-refractivity contribution in [3.63, 3.8) is 0 Å². The molecule has 4 N–H and O–H groups in total. The van der Waals surface area contributed by atoms with Crippen molar-refractivity contribution in [1.29, 1.82) is 0 Å². The SMILES string of the molecule is Nc1cccc(C#CCCO)c1O. The molecule has 0 unspecified atom stereocenters. The number of phenols is 1. The third kappa shape index (κ3) is 2.39. The highest BCUT2D eigenvalue weighted by molar-refractivity contribution is 5.60. The molecule has 0 aromatic heterocycles. The molecule has 0 spiro atoms. The summed E-state index contributed by atoms with van der Waals surface area (Å²) in [6.07, 6.45) is 0.397. The highest BCUT2D eigenvalue weighted by Crippen LogP contribution is 2.23.